The molecule has 0 radical (unpaired) electrons. The van der Waals surface area contributed by atoms with Crippen molar-refractivity contribution in [3.8, 4) is 0 Å². The number of nitrogens with one attached hydrogen (secondary N) is 3. The Bertz CT molecular complexity index is 690. The first-order chi connectivity index (χ1) is 13.1. The number of hydrogen-bond acceptors (Lipinski definition) is 4. The maximum atomic E-state index is 12.6. The predicted octanol–water partition coefficient (Wildman–Crippen LogP) is 0.854. The first-order valence-electron chi connectivity index (χ1n) is 9.24. The molecule has 3 amide bonds. The Hall–Kier alpha value is -2.90. The van der Waals surface area contributed by atoms with Crippen LogP contribution in [0.5, 0.6) is 0 Å². The zero-order valence-electron chi connectivity index (χ0n) is 16.7. The lowest BCUT2D eigenvalue weighted by atomic mass is 10.0. The van der Waals surface area contributed by atoms with Crippen molar-refractivity contribution in [1.82, 2.24) is 16.0 Å². The molecule has 0 fully saturated rings. The number of aliphatic carboxylic acids is 1. The van der Waals surface area contributed by atoms with Gasteiger partial charge in [-0.05, 0) is 24.8 Å². The molecule has 28 heavy (non-hydrogen) atoms. The summed E-state index contributed by atoms with van der Waals surface area (Å²) in [6.07, 6.45) is 0.552. The molecule has 154 valence electrons. The van der Waals surface area contributed by atoms with Crippen molar-refractivity contribution in [2.24, 2.45) is 5.92 Å². The standard InChI is InChI=1S/C20H29N3O5/c1-12(2)10-17(20(27)28)23-18(25)13(3)21-19(26)16(22-14(4)24)11-15-8-6-5-7-9-15/h5-9,12-13,16-17H,10-11H2,1-4H3,(H,21,26)(H,22,24)(H,23,25)(H,27,28)/t13-,16-,17-/m0/s1. The summed E-state index contributed by atoms with van der Waals surface area (Å²) in [5.41, 5.74) is 0.858. The predicted molar refractivity (Wildman–Crippen MR) is 104 cm³/mol. The number of carbonyl (C=O) groups excluding carboxylic acids is 3. The topological polar surface area (TPSA) is 125 Å². The van der Waals surface area contributed by atoms with Gasteiger partial charge < -0.3 is 21.1 Å². The molecule has 8 nitrogen and oxygen atoms in total. The van der Waals surface area contributed by atoms with Crippen molar-refractivity contribution in [1.29, 1.82) is 0 Å². The second-order valence-electron chi connectivity index (χ2n) is 7.20. The van der Waals surface area contributed by atoms with Gasteiger partial charge in [-0.3, -0.25) is 14.4 Å². The van der Waals surface area contributed by atoms with Crippen molar-refractivity contribution in [3.63, 3.8) is 0 Å². The largest absolute Gasteiger partial charge is 0.480 e. The molecule has 0 heterocycles. The third kappa shape index (κ3) is 8.20. The fourth-order valence-electron chi connectivity index (χ4n) is 2.67. The van der Waals surface area contributed by atoms with E-state index < -0.39 is 35.9 Å². The van der Waals surface area contributed by atoms with E-state index in [4.69, 9.17) is 0 Å². The van der Waals surface area contributed by atoms with E-state index in [1.807, 2.05) is 44.2 Å². The van der Waals surface area contributed by atoms with Gasteiger partial charge in [0.05, 0.1) is 0 Å². The van der Waals surface area contributed by atoms with E-state index in [9.17, 15) is 24.3 Å². The van der Waals surface area contributed by atoms with Crippen molar-refractivity contribution >= 4 is 23.7 Å². The van der Waals surface area contributed by atoms with Crippen molar-refractivity contribution < 1.29 is 24.3 Å². The first kappa shape index (κ1) is 23.1. The summed E-state index contributed by atoms with van der Waals surface area (Å²) >= 11 is 0. The van der Waals surface area contributed by atoms with Gasteiger partial charge in [-0.1, -0.05) is 44.2 Å². The Kier molecular flexibility index (Phi) is 9.14. The Morgan fingerprint density at radius 3 is 2.00 bits per heavy atom. The molecular weight excluding hydrogens is 362 g/mol. The van der Waals surface area contributed by atoms with Crippen LogP contribution in [0.1, 0.15) is 39.7 Å². The number of carbonyl (C=O) groups is 4. The van der Waals surface area contributed by atoms with Gasteiger partial charge in [0.1, 0.15) is 18.1 Å². The fraction of sp³-hybridized carbons (Fsp3) is 0.500. The highest BCUT2D eigenvalue weighted by molar-refractivity contribution is 5.93. The highest BCUT2D eigenvalue weighted by Crippen LogP contribution is 2.06. The molecule has 0 saturated heterocycles. The van der Waals surface area contributed by atoms with Gasteiger partial charge in [-0.25, -0.2) is 4.79 Å². The zero-order valence-corrected chi connectivity index (χ0v) is 16.7. The van der Waals surface area contributed by atoms with Crippen LogP contribution in [0.2, 0.25) is 0 Å². The maximum Gasteiger partial charge on any atom is 0.326 e. The molecule has 1 aromatic rings. The highest BCUT2D eigenvalue weighted by atomic mass is 16.4. The number of rotatable bonds is 10. The van der Waals surface area contributed by atoms with Gasteiger partial charge in [0, 0.05) is 13.3 Å². The number of carboxylic acids is 1. The van der Waals surface area contributed by atoms with Gasteiger partial charge in [0.15, 0.2) is 0 Å². The van der Waals surface area contributed by atoms with E-state index in [1.54, 1.807) is 0 Å². The summed E-state index contributed by atoms with van der Waals surface area (Å²) in [6.45, 7) is 6.49. The molecule has 8 heteroatoms. The van der Waals surface area contributed by atoms with E-state index in [0.29, 0.717) is 0 Å². The summed E-state index contributed by atoms with van der Waals surface area (Å²) < 4.78 is 0. The molecule has 0 aromatic heterocycles. The van der Waals surface area contributed by atoms with E-state index in [0.717, 1.165) is 5.56 Å². The maximum absolute atomic E-state index is 12.6. The molecule has 0 bridgehead atoms. The SMILES string of the molecule is CC(=O)N[C@@H](Cc1ccccc1)C(=O)N[C@@H](C)C(=O)N[C@@H](CC(C)C)C(=O)O. The Morgan fingerprint density at radius 2 is 1.50 bits per heavy atom. The normalized spacial score (nSPS) is 13.9. The third-order valence-electron chi connectivity index (χ3n) is 4.05. The lowest BCUT2D eigenvalue weighted by molar-refractivity contribution is -0.142. The van der Waals surface area contributed by atoms with Crippen LogP contribution in [0.25, 0.3) is 0 Å². The van der Waals surface area contributed by atoms with E-state index in [-0.39, 0.29) is 24.7 Å². The van der Waals surface area contributed by atoms with Crippen LogP contribution in [0, 0.1) is 5.92 Å². The van der Waals surface area contributed by atoms with Crippen LogP contribution in [-0.2, 0) is 25.6 Å². The van der Waals surface area contributed by atoms with Crippen LogP contribution >= 0.6 is 0 Å². The highest BCUT2D eigenvalue weighted by Gasteiger charge is 2.27. The monoisotopic (exact) mass is 391 g/mol. The summed E-state index contributed by atoms with van der Waals surface area (Å²) in [6, 6.07) is 6.35. The van der Waals surface area contributed by atoms with Crippen molar-refractivity contribution in [2.45, 2.75) is 58.7 Å². The fourth-order valence-corrected chi connectivity index (χ4v) is 2.67. The Morgan fingerprint density at radius 1 is 0.893 bits per heavy atom. The number of amides is 3. The van der Waals surface area contributed by atoms with Gasteiger partial charge in [0.2, 0.25) is 17.7 Å². The molecule has 0 aliphatic carbocycles. The number of carboxylic acid groups (broad SMARTS) is 1. The molecule has 1 rings (SSSR count). The third-order valence-corrected chi connectivity index (χ3v) is 4.05. The summed E-state index contributed by atoms with van der Waals surface area (Å²) in [5.74, 6) is -2.52. The number of hydrogen-bond donors (Lipinski definition) is 4. The first-order valence-corrected chi connectivity index (χ1v) is 9.24. The molecule has 1 aromatic carbocycles. The zero-order chi connectivity index (χ0) is 21.3. The molecule has 0 aliphatic rings. The van der Waals surface area contributed by atoms with Gasteiger partial charge in [-0.15, -0.1) is 0 Å². The smallest absolute Gasteiger partial charge is 0.326 e. The minimum Gasteiger partial charge on any atom is -0.480 e. The molecular formula is C20H29N3O5. The van der Waals surface area contributed by atoms with Crippen LogP contribution < -0.4 is 16.0 Å². The molecule has 4 N–H and O–H groups in total. The van der Waals surface area contributed by atoms with Crippen LogP contribution in [-0.4, -0.2) is 46.9 Å². The second kappa shape index (κ2) is 11.1. The van der Waals surface area contributed by atoms with Gasteiger partial charge in [0.25, 0.3) is 0 Å². The van der Waals surface area contributed by atoms with Gasteiger partial charge in [-0.2, -0.15) is 0 Å². The molecule has 3 atom stereocenters. The molecule has 0 unspecified atom stereocenters. The number of benzene rings is 1. The summed E-state index contributed by atoms with van der Waals surface area (Å²) in [4.78, 5) is 47.6. The molecule has 0 aliphatic heterocycles. The lowest BCUT2D eigenvalue weighted by Crippen LogP contribution is -2.55. The lowest BCUT2D eigenvalue weighted by Gasteiger charge is -2.22. The summed E-state index contributed by atoms with van der Waals surface area (Å²) in [5, 5.41) is 16.8. The second-order valence-corrected chi connectivity index (χ2v) is 7.20. The van der Waals surface area contributed by atoms with Crippen molar-refractivity contribution in [3.05, 3.63) is 35.9 Å². The minimum absolute atomic E-state index is 0.0846. The quantitative estimate of drug-likeness (QED) is 0.471. The van der Waals surface area contributed by atoms with E-state index in [1.165, 1.54) is 13.8 Å². The van der Waals surface area contributed by atoms with Crippen molar-refractivity contribution in [2.75, 3.05) is 0 Å². The Labute approximate surface area is 165 Å². The average Bonchev–Trinajstić information content (AvgIpc) is 2.60. The molecule has 0 spiro atoms. The minimum atomic E-state index is -1.12. The van der Waals surface area contributed by atoms with Gasteiger partial charge >= 0.3 is 5.97 Å². The van der Waals surface area contributed by atoms with E-state index >= 15 is 0 Å². The van der Waals surface area contributed by atoms with Crippen LogP contribution in [0.3, 0.4) is 0 Å². The van der Waals surface area contributed by atoms with Crippen LogP contribution in [0.15, 0.2) is 30.3 Å². The summed E-state index contributed by atoms with van der Waals surface area (Å²) in [7, 11) is 0. The van der Waals surface area contributed by atoms with E-state index in [2.05, 4.69) is 16.0 Å². The van der Waals surface area contributed by atoms with Crippen LogP contribution in [0.4, 0.5) is 0 Å². The Balaban J connectivity index is 2.75. The molecule has 0 saturated carbocycles. The average molecular weight is 391 g/mol.